The lowest BCUT2D eigenvalue weighted by molar-refractivity contribution is -0.136. The van der Waals surface area contributed by atoms with Crippen LogP contribution in [0.1, 0.15) is 43.2 Å². The number of rotatable bonds is 4. The summed E-state index contributed by atoms with van der Waals surface area (Å²) in [6, 6.07) is 6.28. The number of nitrogens with zero attached hydrogens (tertiary/aromatic N) is 1. The average Bonchev–Trinajstić information content (AvgIpc) is 3.24. The predicted molar refractivity (Wildman–Crippen MR) is 91.6 cm³/mol. The molecule has 1 amide bonds. The quantitative estimate of drug-likeness (QED) is 0.929. The van der Waals surface area contributed by atoms with E-state index in [4.69, 9.17) is 10.5 Å². The second-order valence-electron chi connectivity index (χ2n) is 7.12. The molecule has 2 fully saturated rings. The topological polar surface area (TPSA) is 55.6 Å². The maximum absolute atomic E-state index is 13.4. The number of hydrogen-bond acceptors (Lipinski definition) is 3. The number of methoxy groups -OCH3 is 1. The molecule has 126 valence electrons. The number of carbonyl (C=O) groups excluding carboxylic acids is 1. The molecule has 23 heavy (non-hydrogen) atoms. The maximum Gasteiger partial charge on any atom is 0.233 e. The van der Waals surface area contributed by atoms with E-state index in [2.05, 4.69) is 23.1 Å². The molecule has 0 spiro atoms. The fourth-order valence-electron chi connectivity index (χ4n) is 4.23. The predicted octanol–water partition coefficient (Wildman–Crippen LogP) is 2.62. The summed E-state index contributed by atoms with van der Waals surface area (Å²) in [5, 5.41) is 0. The van der Waals surface area contributed by atoms with Crippen molar-refractivity contribution in [2.24, 2.45) is 11.7 Å². The minimum Gasteiger partial charge on any atom is -0.496 e. The number of likely N-dealkylation sites (tertiary alicyclic amines) is 1. The van der Waals surface area contributed by atoms with Gasteiger partial charge in [0.15, 0.2) is 0 Å². The van der Waals surface area contributed by atoms with Crippen LogP contribution in [0, 0.1) is 12.8 Å². The largest absolute Gasteiger partial charge is 0.496 e. The molecule has 0 radical (unpaired) electrons. The molecule has 1 aliphatic heterocycles. The number of amides is 1. The maximum atomic E-state index is 13.4. The monoisotopic (exact) mass is 316 g/mol. The van der Waals surface area contributed by atoms with Crippen molar-refractivity contribution < 1.29 is 9.53 Å². The number of ether oxygens (including phenoxy) is 1. The molecule has 1 aromatic rings. The molecule has 4 nitrogen and oxygen atoms in total. The summed E-state index contributed by atoms with van der Waals surface area (Å²) in [6.45, 7) is 4.39. The Kier molecular flexibility index (Phi) is 4.62. The second kappa shape index (κ2) is 6.52. The number of carbonyl (C=O) groups is 1. The van der Waals surface area contributed by atoms with Gasteiger partial charge in [0.2, 0.25) is 5.91 Å². The summed E-state index contributed by atoms with van der Waals surface area (Å²) in [7, 11) is 1.70. The lowest BCUT2D eigenvalue weighted by atomic mass is 9.77. The van der Waals surface area contributed by atoms with Crippen molar-refractivity contribution in [3.8, 4) is 5.75 Å². The van der Waals surface area contributed by atoms with Crippen molar-refractivity contribution >= 4 is 5.91 Å². The molecule has 3 rings (SSSR count). The van der Waals surface area contributed by atoms with Crippen LogP contribution in [-0.4, -0.2) is 37.6 Å². The third-order valence-electron chi connectivity index (χ3n) is 5.73. The first-order valence-electron chi connectivity index (χ1n) is 8.75. The van der Waals surface area contributed by atoms with Gasteiger partial charge in [0.25, 0.3) is 0 Å². The van der Waals surface area contributed by atoms with Gasteiger partial charge in [0.05, 0.1) is 12.5 Å². The first-order valence-corrected chi connectivity index (χ1v) is 8.75. The van der Waals surface area contributed by atoms with Crippen LogP contribution in [0.3, 0.4) is 0 Å². The van der Waals surface area contributed by atoms with Gasteiger partial charge in [-0.25, -0.2) is 0 Å². The Hall–Kier alpha value is -1.55. The van der Waals surface area contributed by atoms with Gasteiger partial charge in [-0.15, -0.1) is 0 Å². The van der Waals surface area contributed by atoms with Crippen LogP contribution in [0.25, 0.3) is 0 Å². The molecule has 1 aliphatic carbocycles. The SMILES string of the molecule is COc1cc(C2(C(=O)N3CC[C@H](CN)C3)CCCC2)ccc1C. The van der Waals surface area contributed by atoms with Crippen LogP contribution >= 0.6 is 0 Å². The molecular formula is C19H28N2O2. The minimum atomic E-state index is -0.357. The lowest BCUT2D eigenvalue weighted by Gasteiger charge is -2.33. The van der Waals surface area contributed by atoms with Gasteiger partial charge in [0.1, 0.15) is 5.75 Å². The van der Waals surface area contributed by atoms with E-state index in [0.717, 1.165) is 62.1 Å². The minimum absolute atomic E-state index is 0.303. The van der Waals surface area contributed by atoms with E-state index in [-0.39, 0.29) is 5.41 Å². The Labute approximate surface area is 139 Å². The van der Waals surface area contributed by atoms with Gasteiger partial charge in [-0.1, -0.05) is 25.0 Å². The van der Waals surface area contributed by atoms with Gasteiger partial charge in [-0.05, 0) is 55.8 Å². The van der Waals surface area contributed by atoms with E-state index in [1.807, 2.05) is 6.92 Å². The molecular weight excluding hydrogens is 288 g/mol. The first kappa shape index (κ1) is 16.3. The molecule has 1 aromatic carbocycles. The van der Waals surface area contributed by atoms with Crippen molar-refractivity contribution in [1.82, 2.24) is 4.90 Å². The molecule has 2 N–H and O–H groups in total. The molecule has 1 atom stereocenters. The summed E-state index contributed by atoms with van der Waals surface area (Å²) in [6.07, 6.45) is 5.17. The Morgan fingerprint density at radius 3 is 2.74 bits per heavy atom. The zero-order valence-electron chi connectivity index (χ0n) is 14.3. The zero-order valence-corrected chi connectivity index (χ0v) is 14.3. The highest BCUT2D eigenvalue weighted by atomic mass is 16.5. The summed E-state index contributed by atoms with van der Waals surface area (Å²) in [5.74, 6) is 1.64. The normalized spacial score (nSPS) is 23.3. The van der Waals surface area contributed by atoms with E-state index in [1.54, 1.807) is 7.11 Å². The molecule has 4 heteroatoms. The Morgan fingerprint density at radius 1 is 1.39 bits per heavy atom. The highest BCUT2D eigenvalue weighted by Gasteiger charge is 2.46. The van der Waals surface area contributed by atoms with Gasteiger partial charge in [-0.2, -0.15) is 0 Å². The van der Waals surface area contributed by atoms with Gasteiger partial charge in [-0.3, -0.25) is 4.79 Å². The van der Waals surface area contributed by atoms with E-state index in [1.165, 1.54) is 0 Å². The number of aryl methyl sites for hydroxylation is 1. The van der Waals surface area contributed by atoms with Crippen molar-refractivity contribution in [3.63, 3.8) is 0 Å². The highest BCUT2D eigenvalue weighted by molar-refractivity contribution is 5.89. The highest BCUT2D eigenvalue weighted by Crippen LogP contribution is 2.44. The summed E-state index contributed by atoms with van der Waals surface area (Å²) in [4.78, 5) is 15.4. The second-order valence-corrected chi connectivity index (χ2v) is 7.12. The standard InChI is InChI=1S/C19H28N2O2/c1-14-5-6-16(11-17(14)23-2)19(8-3-4-9-19)18(22)21-10-7-15(12-20)13-21/h5-6,11,15H,3-4,7-10,12-13,20H2,1-2H3/t15-/m1/s1. The van der Waals surface area contributed by atoms with Crippen LogP contribution in [0.2, 0.25) is 0 Å². The Bertz CT molecular complexity index is 579. The fraction of sp³-hybridized carbons (Fsp3) is 0.632. The van der Waals surface area contributed by atoms with Crippen LogP contribution < -0.4 is 10.5 Å². The Balaban J connectivity index is 1.92. The summed E-state index contributed by atoms with van der Waals surface area (Å²) in [5.41, 5.74) is 7.67. The van der Waals surface area contributed by atoms with Crippen molar-refractivity contribution in [3.05, 3.63) is 29.3 Å². The molecule has 1 heterocycles. The van der Waals surface area contributed by atoms with Crippen LogP contribution in [0.5, 0.6) is 5.75 Å². The fourth-order valence-corrected chi connectivity index (χ4v) is 4.23. The Morgan fingerprint density at radius 2 is 2.13 bits per heavy atom. The summed E-state index contributed by atoms with van der Waals surface area (Å²) < 4.78 is 5.49. The third kappa shape index (κ3) is 2.85. The van der Waals surface area contributed by atoms with E-state index < -0.39 is 0 Å². The van der Waals surface area contributed by atoms with Crippen LogP contribution in [-0.2, 0) is 10.2 Å². The third-order valence-corrected chi connectivity index (χ3v) is 5.73. The van der Waals surface area contributed by atoms with Crippen molar-refractivity contribution in [2.75, 3.05) is 26.7 Å². The van der Waals surface area contributed by atoms with Crippen LogP contribution in [0.15, 0.2) is 18.2 Å². The van der Waals surface area contributed by atoms with Crippen molar-refractivity contribution in [2.45, 2.75) is 44.4 Å². The molecule has 0 bridgehead atoms. The summed E-state index contributed by atoms with van der Waals surface area (Å²) >= 11 is 0. The van der Waals surface area contributed by atoms with Gasteiger partial charge < -0.3 is 15.4 Å². The number of hydrogen-bond donors (Lipinski definition) is 1. The average molecular weight is 316 g/mol. The number of nitrogens with two attached hydrogens (primary N) is 1. The molecule has 1 saturated heterocycles. The van der Waals surface area contributed by atoms with E-state index in [0.29, 0.717) is 18.4 Å². The first-order chi connectivity index (χ1) is 11.1. The number of benzene rings is 1. The lowest BCUT2D eigenvalue weighted by Crippen LogP contribution is -2.44. The zero-order chi connectivity index (χ0) is 16.4. The molecule has 2 aliphatic rings. The van der Waals surface area contributed by atoms with Gasteiger partial charge in [0, 0.05) is 13.1 Å². The molecule has 0 unspecified atom stereocenters. The molecule has 0 aromatic heterocycles. The van der Waals surface area contributed by atoms with Crippen molar-refractivity contribution in [1.29, 1.82) is 0 Å². The molecule has 1 saturated carbocycles. The van der Waals surface area contributed by atoms with Gasteiger partial charge >= 0.3 is 0 Å². The van der Waals surface area contributed by atoms with E-state index in [9.17, 15) is 4.79 Å². The smallest absolute Gasteiger partial charge is 0.233 e. The van der Waals surface area contributed by atoms with Crippen LogP contribution in [0.4, 0.5) is 0 Å². The van der Waals surface area contributed by atoms with E-state index >= 15 is 0 Å².